The Hall–Kier alpha value is -5.67. The monoisotopic (exact) mass is 620 g/mol. The lowest BCUT2D eigenvalue weighted by molar-refractivity contribution is -0.122. The standard InChI is InChI=1S/C34H32N6O6/c1-20(2)31(42)46-28-12-11-27(24-16-35-39(3)17-24)36-29(28)22-7-5-21(6-8-22)13-14-34(32(43)37-33(44)38-34)19-40-18-23-9-10-25(45-4)15-26(23)30(40)41/h5-12,15-17,20,31,42H,18-19H2,1-4H3,(H2,37,38,43,44). The summed E-state index contributed by atoms with van der Waals surface area (Å²) in [6.07, 6.45) is 2.54. The van der Waals surface area contributed by atoms with E-state index < -0.39 is 23.8 Å². The van der Waals surface area contributed by atoms with Gasteiger partial charge in [-0.15, -0.1) is 0 Å². The van der Waals surface area contributed by atoms with Gasteiger partial charge >= 0.3 is 6.03 Å². The van der Waals surface area contributed by atoms with Gasteiger partial charge in [0.15, 0.2) is 6.29 Å². The Morgan fingerprint density at radius 3 is 2.50 bits per heavy atom. The molecule has 1 fully saturated rings. The summed E-state index contributed by atoms with van der Waals surface area (Å²) in [7, 11) is 3.35. The highest BCUT2D eigenvalue weighted by molar-refractivity contribution is 6.10. The molecule has 0 spiro atoms. The third-order valence-corrected chi connectivity index (χ3v) is 7.82. The second kappa shape index (κ2) is 12.0. The van der Waals surface area contributed by atoms with Crippen molar-refractivity contribution in [1.29, 1.82) is 0 Å². The van der Waals surface area contributed by atoms with Crippen LogP contribution in [0.2, 0.25) is 0 Å². The largest absolute Gasteiger partial charge is 0.497 e. The van der Waals surface area contributed by atoms with Crippen molar-refractivity contribution < 1.29 is 29.0 Å². The van der Waals surface area contributed by atoms with E-state index in [9.17, 15) is 19.5 Å². The first kappa shape index (κ1) is 30.4. The lowest BCUT2D eigenvalue weighted by Crippen LogP contribution is -2.54. The molecule has 2 aromatic carbocycles. The van der Waals surface area contributed by atoms with Crippen molar-refractivity contribution in [3.05, 3.63) is 83.7 Å². The van der Waals surface area contributed by atoms with Crippen molar-refractivity contribution in [3.8, 4) is 45.9 Å². The highest BCUT2D eigenvalue weighted by Crippen LogP contribution is 2.33. The number of carbonyl (C=O) groups excluding carboxylic acids is 3. The minimum absolute atomic E-state index is 0.142. The van der Waals surface area contributed by atoms with E-state index in [0.717, 1.165) is 11.1 Å². The molecule has 4 aromatic rings. The predicted octanol–water partition coefficient (Wildman–Crippen LogP) is 3.10. The molecular weight excluding hydrogens is 588 g/mol. The Bertz CT molecular complexity index is 1910. The van der Waals surface area contributed by atoms with Crippen molar-refractivity contribution in [2.75, 3.05) is 13.7 Å². The van der Waals surface area contributed by atoms with Gasteiger partial charge in [-0.05, 0) is 42.0 Å². The molecular formula is C34H32N6O6. The highest BCUT2D eigenvalue weighted by Gasteiger charge is 2.48. The smallest absolute Gasteiger partial charge is 0.323 e. The lowest BCUT2D eigenvalue weighted by Gasteiger charge is -2.26. The number of rotatable bonds is 8. The predicted molar refractivity (Wildman–Crippen MR) is 167 cm³/mol. The topological polar surface area (TPSA) is 148 Å². The van der Waals surface area contributed by atoms with Gasteiger partial charge in [0.05, 0.1) is 25.5 Å². The molecule has 4 amide bonds. The Morgan fingerprint density at radius 2 is 1.85 bits per heavy atom. The van der Waals surface area contributed by atoms with Crippen molar-refractivity contribution in [1.82, 2.24) is 30.3 Å². The minimum Gasteiger partial charge on any atom is -0.497 e. The average molecular weight is 621 g/mol. The van der Waals surface area contributed by atoms with Gasteiger partial charge in [0, 0.05) is 48.0 Å². The zero-order chi connectivity index (χ0) is 32.6. The number of hydrogen-bond donors (Lipinski definition) is 3. The first-order valence-corrected chi connectivity index (χ1v) is 14.6. The fourth-order valence-electron chi connectivity index (χ4n) is 5.23. The van der Waals surface area contributed by atoms with Gasteiger partial charge in [-0.25, -0.2) is 9.78 Å². The Labute approximate surface area is 265 Å². The number of aryl methyl sites for hydroxylation is 1. The molecule has 2 aliphatic rings. The highest BCUT2D eigenvalue weighted by atomic mass is 16.6. The van der Waals surface area contributed by atoms with Crippen LogP contribution >= 0.6 is 0 Å². The molecule has 12 heteroatoms. The first-order valence-electron chi connectivity index (χ1n) is 14.6. The van der Waals surface area contributed by atoms with E-state index in [2.05, 4.69) is 27.6 Å². The number of nitrogens with one attached hydrogen (secondary N) is 2. The van der Waals surface area contributed by atoms with Crippen molar-refractivity contribution >= 4 is 17.8 Å². The molecule has 2 atom stereocenters. The molecule has 2 aromatic heterocycles. The van der Waals surface area contributed by atoms with Gasteiger partial charge in [0.1, 0.15) is 17.2 Å². The first-order chi connectivity index (χ1) is 22.0. The number of amides is 4. The van der Waals surface area contributed by atoms with Gasteiger partial charge in [-0.3, -0.25) is 19.6 Å². The summed E-state index contributed by atoms with van der Waals surface area (Å²) in [5, 5.41) is 19.6. The Morgan fingerprint density at radius 1 is 1.07 bits per heavy atom. The summed E-state index contributed by atoms with van der Waals surface area (Å²) < 4.78 is 12.8. The fourth-order valence-corrected chi connectivity index (χ4v) is 5.23. The van der Waals surface area contributed by atoms with Gasteiger partial charge in [-0.2, -0.15) is 5.10 Å². The van der Waals surface area contributed by atoms with Crippen LogP contribution in [0.5, 0.6) is 11.5 Å². The van der Waals surface area contributed by atoms with Gasteiger partial charge in [-0.1, -0.05) is 43.9 Å². The molecule has 1 saturated heterocycles. The number of imide groups is 1. The molecule has 0 radical (unpaired) electrons. The molecule has 0 aliphatic carbocycles. The maximum Gasteiger partial charge on any atom is 0.323 e. The summed E-state index contributed by atoms with van der Waals surface area (Å²) in [6, 6.07) is 15.3. The van der Waals surface area contributed by atoms with Crippen LogP contribution in [0.15, 0.2) is 67.0 Å². The molecule has 2 unspecified atom stereocenters. The summed E-state index contributed by atoms with van der Waals surface area (Å²) in [5.74, 6) is 5.83. The Kier molecular flexibility index (Phi) is 7.93. The quantitative estimate of drug-likeness (QED) is 0.155. The van der Waals surface area contributed by atoms with E-state index in [1.54, 1.807) is 47.3 Å². The van der Waals surface area contributed by atoms with E-state index in [-0.39, 0.29) is 24.9 Å². The molecule has 46 heavy (non-hydrogen) atoms. The number of nitrogens with zero attached hydrogens (tertiary/aromatic N) is 4. The number of urea groups is 1. The SMILES string of the molecule is COc1ccc2c(c1)C(=O)N(CC1(C#Cc3ccc(-c4nc(-c5cnn(C)c5)ccc4OC(O)C(C)C)cc3)NC(=O)NC1=O)C2. The number of carbonyl (C=O) groups is 3. The fraction of sp³-hybridized carbons (Fsp3) is 0.265. The van der Waals surface area contributed by atoms with Gasteiger partial charge in [0.2, 0.25) is 5.54 Å². The number of pyridine rings is 1. The summed E-state index contributed by atoms with van der Waals surface area (Å²) >= 11 is 0. The van der Waals surface area contributed by atoms with Crippen LogP contribution in [0.1, 0.15) is 35.3 Å². The molecule has 12 nitrogen and oxygen atoms in total. The molecule has 0 bridgehead atoms. The molecule has 3 N–H and O–H groups in total. The molecule has 2 aliphatic heterocycles. The summed E-state index contributed by atoms with van der Waals surface area (Å²) in [4.78, 5) is 44.8. The van der Waals surface area contributed by atoms with Crippen molar-refractivity contribution in [3.63, 3.8) is 0 Å². The maximum absolute atomic E-state index is 13.2. The van der Waals surface area contributed by atoms with Crippen LogP contribution in [0.25, 0.3) is 22.5 Å². The number of hydrogen-bond acceptors (Lipinski definition) is 8. The normalized spacial score (nSPS) is 17.7. The van der Waals surface area contributed by atoms with Crippen molar-refractivity contribution in [2.24, 2.45) is 13.0 Å². The average Bonchev–Trinajstić information content (AvgIpc) is 3.70. The zero-order valence-corrected chi connectivity index (χ0v) is 25.7. The van der Waals surface area contributed by atoms with Crippen LogP contribution in [-0.2, 0) is 18.4 Å². The number of ether oxygens (including phenoxy) is 2. The number of aliphatic hydroxyl groups is 1. The van der Waals surface area contributed by atoms with Crippen LogP contribution in [0.4, 0.5) is 4.79 Å². The van der Waals surface area contributed by atoms with Crippen LogP contribution < -0.4 is 20.1 Å². The molecule has 0 saturated carbocycles. The third-order valence-electron chi connectivity index (χ3n) is 7.82. The molecule has 234 valence electrons. The number of aromatic nitrogens is 3. The van der Waals surface area contributed by atoms with E-state index in [1.165, 1.54) is 12.0 Å². The van der Waals surface area contributed by atoms with Gasteiger partial charge in [0.25, 0.3) is 11.8 Å². The number of benzene rings is 2. The number of aliphatic hydroxyl groups excluding tert-OH is 1. The van der Waals surface area contributed by atoms with Gasteiger partial charge < -0.3 is 24.8 Å². The second-order valence-electron chi connectivity index (χ2n) is 11.5. The Balaban J connectivity index is 1.29. The van der Waals surface area contributed by atoms with E-state index in [0.29, 0.717) is 39.6 Å². The number of methoxy groups -OCH3 is 1. The molecule has 6 rings (SSSR count). The number of fused-ring (bicyclic) bond motifs is 1. The van der Waals surface area contributed by atoms with E-state index in [1.807, 2.05) is 45.3 Å². The van der Waals surface area contributed by atoms with E-state index in [4.69, 9.17) is 14.5 Å². The third kappa shape index (κ3) is 5.88. The van der Waals surface area contributed by atoms with E-state index >= 15 is 0 Å². The van der Waals surface area contributed by atoms with Crippen LogP contribution in [-0.4, -0.2) is 68.1 Å². The minimum atomic E-state index is -1.65. The summed E-state index contributed by atoms with van der Waals surface area (Å²) in [5.41, 5.74) is 2.91. The maximum atomic E-state index is 13.2. The second-order valence-corrected chi connectivity index (χ2v) is 11.5. The lowest BCUT2D eigenvalue weighted by atomic mass is 9.98. The van der Waals surface area contributed by atoms with Crippen LogP contribution in [0.3, 0.4) is 0 Å². The van der Waals surface area contributed by atoms with Crippen LogP contribution in [0, 0.1) is 17.8 Å². The summed E-state index contributed by atoms with van der Waals surface area (Å²) in [6.45, 7) is 3.82. The zero-order valence-electron chi connectivity index (χ0n) is 25.7. The van der Waals surface area contributed by atoms with Crippen molar-refractivity contribution in [2.45, 2.75) is 32.2 Å². The molecule has 4 heterocycles.